The number of fused-ring (bicyclic) bond motifs is 1. The van der Waals surface area contributed by atoms with E-state index in [-0.39, 0.29) is 11.3 Å². The first-order valence-electron chi connectivity index (χ1n) is 7.02. The molecule has 1 atom stereocenters. The number of alkyl halides is 2. The summed E-state index contributed by atoms with van der Waals surface area (Å²) in [7, 11) is 1.25. The van der Waals surface area contributed by atoms with Gasteiger partial charge in [0.05, 0.1) is 12.7 Å². The Balaban J connectivity index is 2.19. The molecule has 1 aliphatic heterocycles. The van der Waals surface area contributed by atoms with Crippen molar-refractivity contribution in [3.8, 4) is 5.75 Å². The van der Waals surface area contributed by atoms with Crippen LogP contribution in [0.15, 0.2) is 41.9 Å². The smallest absolute Gasteiger partial charge is 0.387 e. The highest BCUT2D eigenvalue weighted by Crippen LogP contribution is 2.39. The first-order valence-corrected chi connectivity index (χ1v) is 7.02. The fourth-order valence-electron chi connectivity index (χ4n) is 2.66. The van der Waals surface area contributed by atoms with Crippen LogP contribution in [0.3, 0.4) is 0 Å². The summed E-state index contributed by atoms with van der Waals surface area (Å²) in [5.41, 5.74) is 1.09. The highest BCUT2D eigenvalue weighted by atomic mass is 19.3. The van der Waals surface area contributed by atoms with Crippen LogP contribution >= 0.6 is 0 Å². The minimum Gasteiger partial charge on any atom is -0.466 e. The van der Waals surface area contributed by atoms with Gasteiger partial charge in [0.25, 0.3) is 0 Å². The molecule has 1 aromatic carbocycles. The number of nitrogens with one attached hydrogen (secondary N) is 1. The quantitative estimate of drug-likeness (QED) is 0.864. The van der Waals surface area contributed by atoms with Crippen molar-refractivity contribution in [2.24, 2.45) is 0 Å². The molecule has 0 bridgehead atoms. The molecule has 24 heavy (non-hydrogen) atoms. The molecule has 0 unspecified atom stereocenters. The molecule has 0 amide bonds. The summed E-state index contributed by atoms with van der Waals surface area (Å²) in [6.07, 6.45) is 1.30. The number of para-hydroxylation sites is 1. The number of aromatic nitrogens is 3. The number of carbonyl (C=O) groups excluding carboxylic acids is 1. The van der Waals surface area contributed by atoms with Crippen molar-refractivity contribution >= 4 is 11.9 Å². The normalized spacial score (nSPS) is 16.6. The standard InChI is InChI=1S/C15H14F2N4O3/c1-8-11(13(22)23-2)12(21-15(20-8)18-7-19-21)9-5-3-4-6-10(9)24-14(16)17/h3-7,12,14H,1-2H3,(H,18,19,20)/t12-/m1/s1. The summed E-state index contributed by atoms with van der Waals surface area (Å²) in [6.45, 7) is -1.32. The number of esters is 1. The predicted octanol–water partition coefficient (Wildman–Crippen LogP) is 2.34. The van der Waals surface area contributed by atoms with Gasteiger partial charge in [0.15, 0.2) is 0 Å². The van der Waals surface area contributed by atoms with E-state index in [1.54, 1.807) is 25.1 Å². The van der Waals surface area contributed by atoms with Gasteiger partial charge in [-0.1, -0.05) is 18.2 Å². The summed E-state index contributed by atoms with van der Waals surface area (Å²) in [5, 5.41) is 7.04. The number of carbonyl (C=O) groups is 1. The number of benzene rings is 1. The van der Waals surface area contributed by atoms with Crippen LogP contribution in [0, 0.1) is 0 Å². The molecule has 1 aliphatic rings. The second kappa shape index (κ2) is 6.26. The maximum atomic E-state index is 12.7. The third-order valence-electron chi connectivity index (χ3n) is 3.63. The molecule has 0 spiro atoms. The first-order chi connectivity index (χ1) is 11.5. The van der Waals surface area contributed by atoms with Crippen LogP contribution in [0.4, 0.5) is 14.7 Å². The van der Waals surface area contributed by atoms with Gasteiger partial charge >= 0.3 is 12.6 Å². The van der Waals surface area contributed by atoms with Gasteiger partial charge in [0.1, 0.15) is 18.1 Å². The van der Waals surface area contributed by atoms with Gasteiger partial charge in [-0.2, -0.15) is 18.9 Å². The predicted molar refractivity (Wildman–Crippen MR) is 79.6 cm³/mol. The van der Waals surface area contributed by atoms with Crippen molar-refractivity contribution in [2.75, 3.05) is 12.4 Å². The Bertz CT molecular complexity index is 804. The zero-order valence-corrected chi connectivity index (χ0v) is 12.9. The monoisotopic (exact) mass is 336 g/mol. The fraction of sp³-hybridized carbons (Fsp3) is 0.267. The molecule has 2 aromatic rings. The van der Waals surface area contributed by atoms with Gasteiger partial charge in [-0.3, -0.25) is 0 Å². The van der Waals surface area contributed by atoms with Gasteiger partial charge in [0, 0.05) is 11.3 Å². The lowest BCUT2D eigenvalue weighted by molar-refractivity contribution is -0.136. The zero-order valence-electron chi connectivity index (χ0n) is 12.9. The van der Waals surface area contributed by atoms with Gasteiger partial charge in [-0.05, 0) is 13.0 Å². The molecule has 0 fully saturated rings. The topological polar surface area (TPSA) is 78.3 Å². The number of hydrogen-bond donors (Lipinski definition) is 1. The molecule has 0 saturated carbocycles. The van der Waals surface area contributed by atoms with Crippen molar-refractivity contribution in [2.45, 2.75) is 19.6 Å². The van der Waals surface area contributed by atoms with Gasteiger partial charge < -0.3 is 14.8 Å². The van der Waals surface area contributed by atoms with Crippen LogP contribution in [0.1, 0.15) is 18.5 Å². The van der Waals surface area contributed by atoms with E-state index in [1.165, 1.54) is 24.2 Å². The molecule has 0 aliphatic carbocycles. The van der Waals surface area contributed by atoms with Crippen LogP contribution in [-0.2, 0) is 9.53 Å². The van der Waals surface area contributed by atoms with Gasteiger partial charge in [0.2, 0.25) is 5.95 Å². The Hall–Kier alpha value is -2.97. The molecule has 2 heterocycles. The Labute approximate surface area is 135 Å². The second-order valence-corrected chi connectivity index (χ2v) is 5.00. The molecule has 126 valence electrons. The molecular formula is C15H14F2N4O3. The van der Waals surface area contributed by atoms with Gasteiger partial charge in [-0.25, -0.2) is 9.48 Å². The molecule has 7 nitrogen and oxygen atoms in total. The number of allylic oxidation sites excluding steroid dienone is 1. The van der Waals surface area contributed by atoms with Crippen molar-refractivity contribution in [1.82, 2.24) is 14.8 Å². The summed E-state index contributed by atoms with van der Waals surface area (Å²) in [5.74, 6) is -0.259. The highest BCUT2D eigenvalue weighted by molar-refractivity contribution is 5.92. The molecule has 0 saturated heterocycles. The lowest BCUT2D eigenvalue weighted by atomic mass is 9.95. The number of nitrogens with zero attached hydrogens (tertiary/aromatic N) is 3. The maximum Gasteiger partial charge on any atom is 0.387 e. The van der Waals surface area contributed by atoms with Crippen molar-refractivity contribution in [3.05, 3.63) is 47.4 Å². The zero-order chi connectivity index (χ0) is 17.3. The number of ether oxygens (including phenoxy) is 2. The molecular weight excluding hydrogens is 322 g/mol. The molecule has 1 aromatic heterocycles. The SMILES string of the molecule is COC(=O)C1=C(C)Nc2ncnn2[C@@H]1c1ccccc1OC(F)F. The number of anilines is 1. The Kier molecular flexibility index (Phi) is 4.15. The summed E-state index contributed by atoms with van der Waals surface area (Å²) in [4.78, 5) is 16.3. The van der Waals surface area contributed by atoms with Crippen molar-refractivity contribution in [1.29, 1.82) is 0 Å². The fourth-order valence-corrected chi connectivity index (χ4v) is 2.66. The molecule has 3 rings (SSSR count). The Morgan fingerprint density at radius 2 is 2.12 bits per heavy atom. The Morgan fingerprint density at radius 1 is 1.38 bits per heavy atom. The lowest BCUT2D eigenvalue weighted by Crippen LogP contribution is -2.29. The van der Waals surface area contributed by atoms with E-state index >= 15 is 0 Å². The average molecular weight is 336 g/mol. The van der Waals surface area contributed by atoms with Crippen LogP contribution in [-0.4, -0.2) is 34.5 Å². The summed E-state index contributed by atoms with van der Waals surface area (Å²) >= 11 is 0. The molecule has 0 radical (unpaired) electrons. The van der Waals surface area contributed by atoms with E-state index in [1.807, 2.05) is 0 Å². The van der Waals surface area contributed by atoms with Crippen LogP contribution in [0.25, 0.3) is 0 Å². The minimum atomic E-state index is -2.99. The largest absolute Gasteiger partial charge is 0.466 e. The number of hydrogen-bond acceptors (Lipinski definition) is 6. The van der Waals surface area contributed by atoms with Crippen molar-refractivity contribution in [3.63, 3.8) is 0 Å². The summed E-state index contributed by atoms with van der Waals surface area (Å²) in [6, 6.07) is 5.43. The Morgan fingerprint density at radius 3 is 2.83 bits per heavy atom. The van der Waals surface area contributed by atoms with Gasteiger partial charge in [-0.15, -0.1) is 0 Å². The van der Waals surface area contributed by atoms with Crippen LogP contribution in [0.2, 0.25) is 0 Å². The molecule has 1 N–H and O–H groups in total. The third-order valence-corrected chi connectivity index (χ3v) is 3.63. The maximum absolute atomic E-state index is 12.7. The van der Waals surface area contributed by atoms with E-state index in [4.69, 9.17) is 4.74 Å². The van der Waals surface area contributed by atoms with E-state index in [9.17, 15) is 13.6 Å². The van der Waals surface area contributed by atoms with E-state index in [0.29, 0.717) is 17.2 Å². The lowest BCUT2D eigenvalue weighted by Gasteiger charge is -2.28. The highest BCUT2D eigenvalue weighted by Gasteiger charge is 2.35. The van der Waals surface area contributed by atoms with E-state index in [0.717, 1.165) is 0 Å². The second-order valence-electron chi connectivity index (χ2n) is 5.00. The number of halogens is 2. The van der Waals surface area contributed by atoms with Crippen molar-refractivity contribution < 1.29 is 23.0 Å². The van der Waals surface area contributed by atoms with Crippen LogP contribution in [0.5, 0.6) is 5.75 Å². The number of methoxy groups -OCH3 is 1. The number of rotatable bonds is 4. The molecule has 9 heteroatoms. The minimum absolute atomic E-state index is 0.0462. The van der Waals surface area contributed by atoms with E-state index < -0.39 is 18.6 Å². The first kappa shape index (κ1) is 15.9. The van der Waals surface area contributed by atoms with Crippen LogP contribution < -0.4 is 10.1 Å². The third kappa shape index (κ3) is 2.68. The average Bonchev–Trinajstić information content (AvgIpc) is 3.01. The van der Waals surface area contributed by atoms with E-state index in [2.05, 4.69) is 20.1 Å². The summed E-state index contributed by atoms with van der Waals surface area (Å²) < 4.78 is 36.3.